The number of nitrogens with zero attached hydrogens (tertiary/aromatic N) is 1. The van der Waals surface area contributed by atoms with Crippen LogP contribution in [-0.4, -0.2) is 59.1 Å². The van der Waals surface area contributed by atoms with Crippen molar-refractivity contribution in [1.29, 1.82) is 0 Å². The van der Waals surface area contributed by atoms with Crippen LogP contribution in [0.4, 0.5) is 0 Å². The first-order valence-electron chi connectivity index (χ1n) is 8.34. The molecule has 0 aromatic heterocycles. The van der Waals surface area contributed by atoms with Gasteiger partial charge in [0.1, 0.15) is 17.4 Å². The Kier molecular flexibility index (Phi) is 16.4. The topological polar surface area (TPSA) is 64.1 Å². The Bertz CT molecular complexity index is 522. The largest absolute Gasteiger partial charge is 0.490 e. The molecule has 0 saturated heterocycles. The Balaban J connectivity index is 0.00000625. The van der Waals surface area contributed by atoms with Crippen LogP contribution in [0.1, 0.15) is 13.3 Å². The molecule has 0 bridgehead atoms. The summed E-state index contributed by atoms with van der Waals surface area (Å²) < 4.78 is 16.0. The summed E-state index contributed by atoms with van der Waals surface area (Å²) >= 11 is 12.0. The molecule has 0 aliphatic heterocycles. The van der Waals surface area contributed by atoms with E-state index in [2.05, 4.69) is 15.6 Å². The second-order valence-electron chi connectivity index (χ2n) is 5.05. The first-order valence-corrected chi connectivity index (χ1v) is 9.10. The summed E-state index contributed by atoms with van der Waals surface area (Å²) in [4.78, 5) is 4.49. The number of benzene rings is 1. The van der Waals surface area contributed by atoms with E-state index in [0.29, 0.717) is 55.3 Å². The van der Waals surface area contributed by atoms with Gasteiger partial charge in [-0.15, -0.1) is 24.0 Å². The number of halogens is 3. The van der Waals surface area contributed by atoms with Crippen LogP contribution in [-0.2, 0) is 9.47 Å². The van der Waals surface area contributed by atoms with Gasteiger partial charge in [-0.25, -0.2) is 0 Å². The van der Waals surface area contributed by atoms with Crippen molar-refractivity contribution in [1.82, 2.24) is 10.6 Å². The third kappa shape index (κ3) is 11.3. The van der Waals surface area contributed by atoms with Gasteiger partial charge in [0.25, 0.3) is 0 Å². The quantitative estimate of drug-likeness (QED) is 0.191. The van der Waals surface area contributed by atoms with Crippen molar-refractivity contribution in [2.45, 2.75) is 13.3 Å². The summed E-state index contributed by atoms with van der Waals surface area (Å²) in [6, 6.07) is 5.32. The number of hydrogen-bond donors (Lipinski definition) is 2. The highest BCUT2D eigenvalue weighted by Gasteiger charge is 2.05. The van der Waals surface area contributed by atoms with Crippen LogP contribution in [0.15, 0.2) is 23.2 Å². The van der Waals surface area contributed by atoms with E-state index in [1.165, 1.54) is 0 Å². The van der Waals surface area contributed by atoms with Crippen LogP contribution in [0.25, 0.3) is 0 Å². The minimum atomic E-state index is 0. The Morgan fingerprint density at radius 2 is 1.92 bits per heavy atom. The number of nitrogens with one attached hydrogen (secondary N) is 2. The van der Waals surface area contributed by atoms with Crippen molar-refractivity contribution < 1.29 is 14.2 Å². The van der Waals surface area contributed by atoms with Crippen molar-refractivity contribution in [2.75, 3.05) is 53.2 Å². The molecule has 0 heterocycles. The average Bonchev–Trinajstić information content (AvgIpc) is 2.61. The van der Waals surface area contributed by atoms with Gasteiger partial charge in [-0.1, -0.05) is 29.3 Å². The van der Waals surface area contributed by atoms with E-state index in [0.717, 1.165) is 18.9 Å². The molecule has 0 atom stereocenters. The summed E-state index contributed by atoms with van der Waals surface area (Å²) in [5, 5.41) is 7.31. The zero-order valence-corrected chi connectivity index (χ0v) is 19.1. The number of aliphatic imine (C=N–C) groups is 1. The van der Waals surface area contributed by atoms with Crippen LogP contribution in [0.2, 0.25) is 10.0 Å². The van der Waals surface area contributed by atoms with E-state index in [1.54, 1.807) is 25.3 Å². The smallest absolute Gasteiger partial charge is 0.191 e. The highest BCUT2D eigenvalue weighted by Crippen LogP contribution is 2.31. The van der Waals surface area contributed by atoms with Crippen molar-refractivity contribution in [2.24, 2.45) is 4.99 Å². The highest BCUT2D eigenvalue weighted by molar-refractivity contribution is 14.0. The molecule has 1 aromatic carbocycles. The fourth-order valence-electron chi connectivity index (χ4n) is 1.87. The standard InChI is InChI=1S/C17H27Cl2N3O3.HI/c1-3-20-17(21-8-5-10-24-13-12-23-2)22-9-11-25-15-7-4-6-14(18)16(15)19;/h4,6-7H,3,5,8-13H2,1-2H3,(H2,20,21,22);1H. The zero-order valence-electron chi connectivity index (χ0n) is 15.2. The van der Waals surface area contributed by atoms with Gasteiger partial charge in [0, 0.05) is 26.8 Å². The van der Waals surface area contributed by atoms with Crippen LogP contribution in [0, 0.1) is 0 Å². The van der Waals surface area contributed by atoms with E-state index in [9.17, 15) is 0 Å². The molecule has 2 N–H and O–H groups in total. The first kappa shape index (κ1) is 25.5. The number of rotatable bonds is 12. The van der Waals surface area contributed by atoms with Gasteiger partial charge in [-0.3, -0.25) is 4.99 Å². The molecule has 0 spiro atoms. The molecule has 0 amide bonds. The number of guanidine groups is 1. The van der Waals surface area contributed by atoms with E-state index < -0.39 is 0 Å². The minimum Gasteiger partial charge on any atom is -0.490 e. The molecular formula is C17H28Cl2IN3O3. The van der Waals surface area contributed by atoms with Gasteiger partial charge >= 0.3 is 0 Å². The Morgan fingerprint density at radius 3 is 2.65 bits per heavy atom. The van der Waals surface area contributed by atoms with Gasteiger partial charge in [0.2, 0.25) is 0 Å². The summed E-state index contributed by atoms with van der Waals surface area (Å²) in [5.41, 5.74) is 0. The summed E-state index contributed by atoms with van der Waals surface area (Å²) in [6.07, 6.45) is 0.856. The summed E-state index contributed by atoms with van der Waals surface area (Å²) in [7, 11) is 1.66. The van der Waals surface area contributed by atoms with Crippen molar-refractivity contribution in [3.63, 3.8) is 0 Å². The van der Waals surface area contributed by atoms with E-state index in [4.69, 9.17) is 37.4 Å². The van der Waals surface area contributed by atoms with E-state index >= 15 is 0 Å². The predicted molar refractivity (Wildman–Crippen MR) is 119 cm³/mol. The molecule has 1 rings (SSSR count). The fourth-order valence-corrected chi connectivity index (χ4v) is 2.22. The Hall–Kier alpha value is -0.480. The van der Waals surface area contributed by atoms with Gasteiger partial charge in [0.15, 0.2) is 5.96 Å². The number of methoxy groups -OCH3 is 1. The van der Waals surface area contributed by atoms with E-state index in [1.807, 2.05) is 6.92 Å². The fraction of sp³-hybridized carbons (Fsp3) is 0.588. The van der Waals surface area contributed by atoms with Gasteiger partial charge in [-0.2, -0.15) is 0 Å². The summed E-state index contributed by atoms with van der Waals surface area (Å²) in [6.45, 7) is 6.44. The van der Waals surface area contributed by atoms with Crippen molar-refractivity contribution in [3.05, 3.63) is 28.2 Å². The molecule has 150 valence electrons. The maximum absolute atomic E-state index is 6.08. The zero-order chi connectivity index (χ0) is 18.3. The molecule has 0 radical (unpaired) electrons. The molecule has 9 heteroatoms. The van der Waals surface area contributed by atoms with Crippen LogP contribution < -0.4 is 15.4 Å². The highest BCUT2D eigenvalue weighted by atomic mass is 127. The lowest BCUT2D eigenvalue weighted by Gasteiger charge is -2.13. The lowest BCUT2D eigenvalue weighted by atomic mass is 10.3. The lowest BCUT2D eigenvalue weighted by molar-refractivity contribution is 0.0702. The molecule has 0 aliphatic rings. The van der Waals surface area contributed by atoms with Crippen LogP contribution >= 0.6 is 47.2 Å². The molecule has 0 fully saturated rings. The SMILES string of the molecule is CCNC(=NCCCOCCOC)NCCOc1cccc(Cl)c1Cl.I. The van der Waals surface area contributed by atoms with Gasteiger partial charge in [0.05, 0.1) is 24.8 Å². The summed E-state index contributed by atoms with van der Waals surface area (Å²) in [5.74, 6) is 1.33. The van der Waals surface area contributed by atoms with Crippen LogP contribution in [0.5, 0.6) is 5.75 Å². The van der Waals surface area contributed by atoms with E-state index in [-0.39, 0.29) is 24.0 Å². The molecule has 0 saturated carbocycles. The third-order valence-corrected chi connectivity index (χ3v) is 3.86. The maximum atomic E-state index is 6.08. The molecule has 1 aromatic rings. The molecule has 26 heavy (non-hydrogen) atoms. The monoisotopic (exact) mass is 519 g/mol. The van der Waals surface area contributed by atoms with Crippen molar-refractivity contribution in [3.8, 4) is 5.75 Å². The van der Waals surface area contributed by atoms with Crippen LogP contribution in [0.3, 0.4) is 0 Å². The minimum absolute atomic E-state index is 0. The molecule has 6 nitrogen and oxygen atoms in total. The number of hydrogen-bond acceptors (Lipinski definition) is 4. The average molecular weight is 520 g/mol. The Labute approximate surface area is 183 Å². The second-order valence-corrected chi connectivity index (χ2v) is 5.83. The van der Waals surface area contributed by atoms with Gasteiger partial charge in [-0.05, 0) is 25.5 Å². The molecular weight excluding hydrogens is 492 g/mol. The second kappa shape index (κ2) is 16.7. The first-order chi connectivity index (χ1) is 12.2. The van der Waals surface area contributed by atoms with Gasteiger partial charge < -0.3 is 24.8 Å². The Morgan fingerprint density at radius 1 is 1.12 bits per heavy atom. The number of ether oxygens (including phenoxy) is 3. The normalized spacial score (nSPS) is 11.0. The lowest BCUT2D eigenvalue weighted by Crippen LogP contribution is -2.39. The van der Waals surface area contributed by atoms with Crippen molar-refractivity contribution >= 4 is 53.1 Å². The predicted octanol–water partition coefficient (Wildman–Crippen LogP) is 3.60. The third-order valence-electron chi connectivity index (χ3n) is 3.06. The maximum Gasteiger partial charge on any atom is 0.191 e. The molecule has 0 unspecified atom stereocenters. The molecule has 0 aliphatic carbocycles.